The highest BCUT2D eigenvalue weighted by molar-refractivity contribution is 8.00. The molecule has 0 atom stereocenters. The van der Waals surface area contributed by atoms with Gasteiger partial charge < -0.3 is 5.32 Å². The maximum absolute atomic E-state index is 12.9. The zero-order valence-electron chi connectivity index (χ0n) is 15.2. The molecule has 0 saturated heterocycles. The van der Waals surface area contributed by atoms with E-state index in [4.69, 9.17) is 0 Å². The molecule has 30 heavy (non-hydrogen) atoms. The fourth-order valence-corrected chi connectivity index (χ4v) is 4.53. The number of fused-ring (bicyclic) bond motifs is 1. The van der Waals surface area contributed by atoms with Gasteiger partial charge in [-0.15, -0.1) is 23.1 Å². The second-order valence-corrected chi connectivity index (χ2v) is 8.64. The number of carbonyl (C=O) groups excluding carboxylic acids is 2. The van der Waals surface area contributed by atoms with Crippen LogP contribution >= 0.6 is 23.1 Å². The smallest absolute Gasteiger partial charge is 0.324 e. The van der Waals surface area contributed by atoms with Gasteiger partial charge in [-0.3, -0.25) is 14.9 Å². The number of alkyl halides is 3. The van der Waals surface area contributed by atoms with Crippen LogP contribution in [0.25, 0.3) is 0 Å². The number of anilines is 2. The highest BCUT2D eigenvalue weighted by Gasteiger charge is 2.30. The molecule has 0 radical (unpaired) electrons. The van der Waals surface area contributed by atoms with Gasteiger partial charge in [-0.1, -0.05) is 18.2 Å². The molecule has 0 fully saturated rings. The number of nitrogens with one attached hydrogen (secondary N) is 2. The average molecular weight is 449 g/mol. The van der Waals surface area contributed by atoms with Crippen molar-refractivity contribution in [2.24, 2.45) is 0 Å². The molecule has 2 N–H and O–H groups in total. The van der Waals surface area contributed by atoms with Crippen LogP contribution in [0.3, 0.4) is 0 Å². The molecule has 4 rings (SSSR count). The van der Waals surface area contributed by atoms with Crippen LogP contribution in [0.1, 0.15) is 26.4 Å². The predicted octanol–water partition coefficient (Wildman–Crippen LogP) is 5.05. The minimum Gasteiger partial charge on any atom is -0.324 e. The average Bonchev–Trinajstić information content (AvgIpc) is 3.13. The first-order valence-corrected chi connectivity index (χ1v) is 10.6. The summed E-state index contributed by atoms with van der Waals surface area (Å²) in [4.78, 5) is 29.8. The zero-order valence-corrected chi connectivity index (χ0v) is 16.9. The van der Waals surface area contributed by atoms with Gasteiger partial charge in [0.05, 0.1) is 17.0 Å². The number of benzene rings is 2. The van der Waals surface area contributed by atoms with Crippen LogP contribution in [0.2, 0.25) is 0 Å². The Morgan fingerprint density at radius 1 is 1.20 bits per heavy atom. The predicted molar refractivity (Wildman–Crippen MR) is 110 cm³/mol. The van der Waals surface area contributed by atoms with Crippen molar-refractivity contribution in [3.8, 4) is 0 Å². The standard InChI is InChI=1S/C20H14F3N3O2S2/c21-20(22,23)13-3-1-2-11(6-13)7-14-9-24-19(30-14)26-18(28)12-4-5-16-15(8-12)25-17(27)10-29-16/h1-6,8-9H,7,10H2,(H,25,27)(H,24,26,28). The first kappa shape index (κ1) is 20.4. The van der Waals surface area contributed by atoms with E-state index in [1.54, 1.807) is 24.3 Å². The van der Waals surface area contributed by atoms with Gasteiger partial charge in [-0.25, -0.2) is 4.98 Å². The zero-order chi connectivity index (χ0) is 21.3. The normalized spacial score (nSPS) is 13.5. The Bertz CT molecular complexity index is 1130. The summed E-state index contributed by atoms with van der Waals surface area (Å²) in [5.41, 5.74) is 0.768. The van der Waals surface area contributed by atoms with Crippen molar-refractivity contribution in [3.63, 3.8) is 0 Å². The van der Waals surface area contributed by atoms with E-state index in [9.17, 15) is 22.8 Å². The van der Waals surface area contributed by atoms with Gasteiger partial charge in [0.1, 0.15) is 0 Å². The van der Waals surface area contributed by atoms with Crippen LogP contribution in [0, 0.1) is 0 Å². The molecular weight excluding hydrogens is 435 g/mol. The summed E-state index contributed by atoms with van der Waals surface area (Å²) < 4.78 is 38.6. The third-order valence-electron chi connectivity index (χ3n) is 4.28. The molecule has 10 heteroatoms. The van der Waals surface area contributed by atoms with E-state index in [0.717, 1.165) is 21.9 Å². The van der Waals surface area contributed by atoms with E-state index >= 15 is 0 Å². The molecule has 0 unspecified atom stereocenters. The van der Waals surface area contributed by atoms with Crippen LogP contribution in [0.4, 0.5) is 24.0 Å². The molecule has 0 saturated carbocycles. The van der Waals surface area contributed by atoms with Crippen molar-refractivity contribution in [2.45, 2.75) is 17.5 Å². The molecule has 1 aliphatic rings. The Hall–Kier alpha value is -2.85. The molecule has 0 spiro atoms. The first-order chi connectivity index (χ1) is 14.3. The fraction of sp³-hybridized carbons (Fsp3) is 0.150. The Morgan fingerprint density at radius 3 is 2.83 bits per heavy atom. The Kier molecular flexibility index (Phi) is 5.52. The third-order valence-corrected chi connectivity index (χ3v) is 6.27. The lowest BCUT2D eigenvalue weighted by molar-refractivity contribution is -0.137. The molecule has 154 valence electrons. The lowest BCUT2D eigenvalue weighted by atomic mass is 10.1. The van der Waals surface area contributed by atoms with Crippen molar-refractivity contribution in [3.05, 3.63) is 70.2 Å². The lowest BCUT2D eigenvalue weighted by Crippen LogP contribution is -2.19. The Balaban J connectivity index is 1.44. The number of carbonyl (C=O) groups is 2. The number of thiazole rings is 1. The topological polar surface area (TPSA) is 71.1 Å². The summed E-state index contributed by atoms with van der Waals surface area (Å²) in [6, 6.07) is 10.2. The third kappa shape index (κ3) is 4.65. The summed E-state index contributed by atoms with van der Waals surface area (Å²) >= 11 is 2.60. The van der Waals surface area contributed by atoms with E-state index in [0.29, 0.717) is 27.7 Å². The maximum atomic E-state index is 12.9. The summed E-state index contributed by atoms with van der Waals surface area (Å²) in [5.74, 6) is -0.168. The Morgan fingerprint density at radius 2 is 2.03 bits per heavy atom. The number of rotatable bonds is 4. The van der Waals surface area contributed by atoms with Crippen LogP contribution in [-0.4, -0.2) is 22.6 Å². The summed E-state index contributed by atoms with van der Waals surface area (Å²) in [6.45, 7) is 0. The van der Waals surface area contributed by atoms with E-state index in [1.165, 1.54) is 35.4 Å². The molecule has 3 aromatic rings. The molecule has 0 aliphatic carbocycles. The Labute approximate surface area is 177 Å². The van der Waals surface area contributed by atoms with Gasteiger partial charge in [-0.05, 0) is 29.8 Å². The monoisotopic (exact) mass is 449 g/mol. The molecular formula is C20H14F3N3O2S2. The van der Waals surface area contributed by atoms with Crippen LogP contribution < -0.4 is 10.6 Å². The number of halogens is 3. The van der Waals surface area contributed by atoms with Crippen molar-refractivity contribution < 1.29 is 22.8 Å². The minimum atomic E-state index is -4.39. The maximum Gasteiger partial charge on any atom is 0.416 e. The van der Waals surface area contributed by atoms with E-state index in [2.05, 4.69) is 15.6 Å². The second kappa shape index (κ2) is 8.11. The SMILES string of the molecule is O=C1CSc2ccc(C(=O)Nc3ncc(Cc4cccc(C(F)(F)F)c4)s3)cc2N1. The molecule has 2 aromatic carbocycles. The van der Waals surface area contributed by atoms with Crippen molar-refractivity contribution >= 4 is 45.7 Å². The van der Waals surface area contributed by atoms with E-state index in [-0.39, 0.29) is 18.2 Å². The van der Waals surface area contributed by atoms with Gasteiger partial charge in [-0.2, -0.15) is 13.2 Å². The number of hydrogen-bond acceptors (Lipinski definition) is 5. The molecule has 0 bridgehead atoms. The summed E-state index contributed by atoms with van der Waals surface area (Å²) in [7, 11) is 0. The van der Waals surface area contributed by atoms with Gasteiger partial charge in [0.2, 0.25) is 5.91 Å². The quantitative estimate of drug-likeness (QED) is 0.585. The van der Waals surface area contributed by atoms with E-state index < -0.39 is 11.7 Å². The molecule has 1 aromatic heterocycles. The largest absolute Gasteiger partial charge is 0.416 e. The van der Waals surface area contributed by atoms with Crippen LogP contribution in [-0.2, 0) is 17.4 Å². The summed E-state index contributed by atoms with van der Waals surface area (Å²) in [6.07, 6.45) is -2.58. The molecule has 2 heterocycles. The molecule has 1 aliphatic heterocycles. The number of hydrogen-bond donors (Lipinski definition) is 2. The van der Waals surface area contributed by atoms with Crippen LogP contribution in [0.5, 0.6) is 0 Å². The number of aromatic nitrogens is 1. The van der Waals surface area contributed by atoms with Crippen molar-refractivity contribution in [2.75, 3.05) is 16.4 Å². The lowest BCUT2D eigenvalue weighted by Gasteiger charge is -2.16. The first-order valence-electron chi connectivity index (χ1n) is 8.77. The van der Waals surface area contributed by atoms with E-state index in [1.807, 2.05) is 0 Å². The highest BCUT2D eigenvalue weighted by atomic mass is 32.2. The summed E-state index contributed by atoms with van der Waals surface area (Å²) in [5, 5.41) is 5.77. The van der Waals surface area contributed by atoms with Gasteiger partial charge in [0.15, 0.2) is 5.13 Å². The van der Waals surface area contributed by atoms with Crippen LogP contribution in [0.15, 0.2) is 53.6 Å². The minimum absolute atomic E-state index is 0.121. The highest BCUT2D eigenvalue weighted by Crippen LogP contribution is 2.33. The number of nitrogens with zero attached hydrogens (tertiary/aromatic N) is 1. The number of amides is 2. The van der Waals surface area contributed by atoms with Gasteiger partial charge >= 0.3 is 6.18 Å². The van der Waals surface area contributed by atoms with Crippen molar-refractivity contribution in [1.29, 1.82) is 0 Å². The van der Waals surface area contributed by atoms with Gasteiger partial charge in [0, 0.05) is 28.0 Å². The molecule has 5 nitrogen and oxygen atoms in total. The fourth-order valence-electron chi connectivity index (χ4n) is 2.90. The number of thioether (sulfide) groups is 1. The van der Waals surface area contributed by atoms with Gasteiger partial charge in [0.25, 0.3) is 5.91 Å². The molecule has 2 amide bonds. The van der Waals surface area contributed by atoms with Crippen molar-refractivity contribution in [1.82, 2.24) is 4.98 Å². The second-order valence-electron chi connectivity index (χ2n) is 6.51.